The third-order valence-corrected chi connectivity index (χ3v) is 3.65. The molecule has 2 rings (SSSR count). The number of benzene rings is 1. The van der Waals surface area contributed by atoms with E-state index in [0.29, 0.717) is 17.9 Å². The minimum Gasteiger partial charge on any atom is -0.461 e. The molecular formula is C17H25ClN2O3. The lowest BCUT2D eigenvalue weighted by Crippen LogP contribution is -2.39. The number of ether oxygens (including phenoxy) is 1. The summed E-state index contributed by atoms with van der Waals surface area (Å²) in [5.41, 5.74) is 0.789. The summed E-state index contributed by atoms with van der Waals surface area (Å²) in [6.45, 7) is 8.32. The molecule has 0 saturated carbocycles. The Morgan fingerprint density at radius 1 is 1.17 bits per heavy atom. The molecular weight excluding hydrogens is 316 g/mol. The zero-order valence-corrected chi connectivity index (χ0v) is 14.5. The van der Waals surface area contributed by atoms with Crippen LogP contribution in [0.5, 0.6) is 0 Å². The second-order valence-electron chi connectivity index (χ2n) is 5.90. The van der Waals surface area contributed by atoms with Crippen molar-refractivity contribution in [1.82, 2.24) is 10.6 Å². The second kappa shape index (κ2) is 10.4. The van der Waals surface area contributed by atoms with Crippen LogP contribution in [0.4, 0.5) is 0 Å². The standard InChI is InChI=1S/C13H15ClO3.C4H10N2/c1-13(2,17-9-15)7-12(16)11-5-3-10(8-14)4-6-11;1-2-6-4-3-5-1/h3-6,9H,7-8H2,1-2H3;5-6H,1-4H2. The van der Waals surface area contributed by atoms with Gasteiger partial charge in [0.25, 0.3) is 6.47 Å². The summed E-state index contributed by atoms with van der Waals surface area (Å²) < 4.78 is 4.84. The molecule has 23 heavy (non-hydrogen) atoms. The van der Waals surface area contributed by atoms with E-state index >= 15 is 0 Å². The SMILES string of the molecule is C1CNCCN1.CC(C)(CC(=O)c1ccc(CCl)cc1)OC=O. The van der Waals surface area contributed by atoms with Crippen molar-refractivity contribution in [2.24, 2.45) is 0 Å². The van der Waals surface area contributed by atoms with Gasteiger partial charge < -0.3 is 15.4 Å². The van der Waals surface area contributed by atoms with Gasteiger partial charge in [-0.3, -0.25) is 9.59 Å². The van der Waals surface area contributed by atoms with Crippen LogP contribution in [-0.4, -0.2) is 44.0 Å². The van der Waals surface area contributed by atoms with Crippen LogP contribution in [-0.2, 0) is 15.4 Å². The Morgan fingerprint density at radius 2 is 1.70 bits per heavy atom. The number of halogens is 1. The molecule has 1 fully saturated rings. The van der Waals surface area contributed by atoms with Crippen LogP contribution in [0.3, 0.4) is 0 Å². The summed E-state index contributed by atoms with van der Waals surface area (Å²) >= 11 is 5.66. The van der Waals surface area contributed by atoms with E-state index in [-0.39, 0.29) is 12.2 Å². The molecule has 1 aliphatic rings. The Hall–Kier alpha value is -1.43. The number of hydrogen-bond donors (Lipinski definition) is 2. The first-order valence-corrected chi connectivity index (χ1v) is 8.23. The number of carbonyl (C=O) groups excluding carboxylic acids is 2. The fourth-order valence-electron chi connectivity index (χ4n) is 2.04. The molecule has 0 aromatic heterocycles. The Bertz CT molecular complexity index is 474. The van der Waals surface area contributed by atoms with Crippen LogP contribution in [0.15, 0.2) is 24.3 Å². The Balaban J connectivity index is 0.000000366. The summed E-state index contributed by atoms with van der Waals surface area (Å²) in [6, 6.07) is 7.09. The van der Waals surface area contributed by atoms with Gasteiger partial charge in [0.15, 0.2) is 5.78 Å². The van der Waals surface area contributed by atoms with Crippen molar-refractivity contribution in [3.05, 3.63) is 35.4 Å². The van der Waals surface area contributed by atoms with Gasteiger partial charge in [-0.1, -0.05) is 24.3 Å². The van der Waals surface area contributed by atoms with Crippen LogP contribution in [0, 0.1) is 0 Å². The van der Waals surface area contributed by atoms with E-state index in [1.165, 1.54) is 0 Å². The lowest BCUT2D eigenvalue weighted by atomic mass is 9.97. The van der Waals surface area contributed by atoms with Gasteiger partial charge in [0.1, 0.15) is 5.60 Å². The number of hydrogen-bond acceptors (Lipinski definition) is 5. The smallest absolute Gasteiger partial charge is 0.293 e. The van der Waals surface area contributed by atoms with Crippen molar-refractivity contribution < 1.29 is 14.3 Å². The molecule has 0 amide bonds. The highest BCUT2D eigenvalue weighted by Crippen LogP contribution is 2.17. The van der Waals surface area contributed by atoms with Gasteiger partial charge in [0.2, 0.25) is 0 Å². The molecule has 0 aliphatic carbocycles. The third-order valence-electron chi connectivity index (χ3n) is 3.34. The molecule has 1 aromatic carbocycles. The molecule has 128 valence electrons. The van der Waals surface area contributed by atoms with Crippen molar-refractivity contribution in [3.63, 3.8) is 0 Å². The number of piperazine rings is 1. The highest BCUT2D eigenvalue weighted by Gasteiger charge is 2.23. The number of nitrogens with one attached hydrogen (secondary N) is 2. The number of ketones is 1. The quantitative estimate of drug-likeness (QED) is 0.472. The molecule has 0 atom stereocenters. The van der Waals surface area contributed by atoms with E-state index in [4.69, 9.17) is 16.3 Å². The molecule has 1 aliphatic heterocycles. The molecule has 1 saturated heterocycles. The fourth-order valence-corrected chi connectivity index (χ4v) is 2.22. The summed E-state index contributed by atoms with van der Waals surface area (Å²) in [4.78, 5) is 22.2. The molecule has 5 nitrogen and oxygen atoms in total. The van der Waals surface area contributed by atoms with E-state index in [2.05, 4.69) is 10.6 Å². The first-order chi connectivity index (χ1) is 11.0. The first kappa shape index (κ1) is 19.6. The summed E-state index contributed by atoms with van der Waals surface area (Å²) in [6.07, 6.45) is 0.159. The van der Waals surface area contributed by atoms with Crippen molar-refractivity contribution in [2.45, 2.75) is 31.7 Å². The van der Waals surface area contributed by atoms with Gasteiger partial charge >= 0.3 is 0 Å². The predicted octanol–water partition coefficient (Wildman–Crippen LogP) is 2.13. The second-order valence-corrected chi connectivity index (χ2v) is 6.17. The molecule has 1 heterocycles. The molecule has 1 aromatic rings. The number of alkyl halides is 1. The monoisotopic (exact) mass is 340 g/mol. The largest absolute Gasteiger partial charge is 0.461 e. The molecule has 0 bridgehead atoms. The van der Waals surface area contributed by atoms with Crippen LogP contribution in [0.2, 0.25) is 0 Å². The van der Waals surface area contributed by atoms with Gasteiger partial charge in [-0.2, -0.15) is 0 Å². The lowest BCUT2D eigenvalue weighted by Gasteiger charge is -2.21. The maximum atomic E-state index is 11.9. The van der Waals surface area contributed by atoms with Crippen LogP contribution < -0.4 is 10.6 Å². The summed E-state index contributed by atoms with van der Waals surface area (Å²) in [5, 5.41) is 6.44. The lowest BCUT2D eigenvalue weighted by molar-refractivity contribution is -0.139. The zero-order chi connectivity index (χ0) is 17.1. The molecule has 0 spiro atoms. The highest BCUT2D eigenvalue weighted by molar-refractivity contribution is 6.17. The van der Waals surface area contributed by atoms with Crippen LogP contribution in [0.1, 0.15) is 36.2 Å². The number of Topliss-reactive ketones (excluding diaryl/α,β-unsaturated/α-hetero) is 1. The maximum Gasteiger partial charge on any atom is 0.293 e. The Labute approximate surface area is 142 Å². The van der Waals surface area contributed by atoms with Gasteiger partial charge in [0, 0.05) is 37.6 Å². The van der Waals surface area contributed by atoms with E-state index < -0.39 is 5.60 Å². The van der Waals surface area contributed by atoms with Crippen molar-refractivity contribution >= 4 is 23.9 Å². The first-order valence-electron chi connectivity index (χ1n) is 7.69. The van der Waals surface area contributed by atoms with Crippen molar-refractivity contribution in [3.8, 4) is 0 Å². The van der Waals surface area contributed by atoms with Gasteiger partial charge in [-0.15, -0.1) is 11.6 Å². The molecule has 0 radical (unpaired) electrons. The Morgan fingerprint density at radius 3 is 2.09 bits per heavy atom. The van der Waals surface area contributed by atoms with Gasteiger partial charge in [-0.05, 0) is 19.4 Å². The highest BCUT2D eigenvalue weighted by atomic mass is 35.5. The number of rotatable bonds is 6. The summed E-state index contributed by atoms with van der Waals surface area (Å²) in [5.74, 6) is 0.367. The average Bonchev–Trinajstić information content (AvgIpc) is 2.56. The number of carbonyl (C=O) groups is 2. The zero-order valence-electron chi connectivity index (χ0n) is 13.7. The van der Waals surface area contributed by atoms with Crippen LogP contribution in [0.25, 0.3) is 0 Å². The van der Waals surface area contributed by atoms with Gasteiger partial charge in [-0.25, -0.2) is 0 Å². The Kier molecular flexibility index (Phi) is 8.84. The average molecular weight is 341 g/mol. The van der Waals surface area contributed by atoms with Crippen molar-refractivity contribution in [1.29, 1.82) is 0 Å². The molecule has 2 N–H and O–H groups in total. The van der Waals surface area contributed by atoms with Crippen LogP contribution >= 0.6 is 11.6 Å². The maximum absolute atomic E-state index is 11.9. The molecule has 6 heteroatoms. The fraction of sp³-hybridized carbons (Fsp3) is 0.529. The summed E-state index contributed by atoms with van der Waals surface area (Å²) in [7, 11) is 0. The van der Waals surface area contributed by atoms with Gasteiger partial charge in [0.05, 0.1) is 6.42 Å². The van der Waals surface area contributed by atoms with E-state index in [0.717, 1.165) is 31.7 Å². The minimum absolute atomic E-state index is 0.0574. The van der Waals surface area contributed by atoms with Crippen molar-refractivity contribution in [2.75, 3.05) is 26.2 Å². The third kappa shape index (κ3) is 8.11. The normalized spacial score (nSPS) is 14.4. The minimum atomic E-state index is -0.774. The van der Waals surface area contributed by atoms with E-state index in [9.17, 15) is 9.59 Å². The predicted molar refractivity (Wildman–Crippen MR) is 91.9 cm³/mol. The topological polar surface area (TPSA) is 67.4 Å². The van der Waals surface area contributed by atoms with E-state index in [1.54, 1.807) is 26.0 Å². The van der Waals surface area contributed by atoms with E-state index in [1.807, 2.05) is 12.1 Å². The molecule has 0 unspecified atom stereocenters.